The van der Waals surface area contributed by atoms with Crippen LogP contribution in [0.1, 0.15) is 29.1 Å². The Morgan fingerprint density at radius 2 is 2.21 bits per heavy atom. The first-order chi connectivity index (χ1) is 11.4. The monoisotopic (exact) mass is 334 g/mol. The second-order valence-corrected chi connectivity index (χ2v) is 5.35. The fourth-order valence-corrected chi connectivity index (χ4v) is 2.65. The number of hydrogen-bond donors (Lipinski definition) is 1. The first-order valence-electron chi connectivity index (χ1n) is 7.45. The highest BCUT2D eigenvalue weighted by Gasteiger charge is 2.30. The molecule has 2 aromatic rings. The molecular weight excluding hydrogens is 314 g/mol. The molecule has 0 saturated heterocycles. The molecule has 1 N–H and O–H groups in total. The predicted molar refractivity (Wildman–Crippen MR) is 85.1 cm³/mol. The van der Waals surface area contributed by atoms with E-state index in [9.17, 15) is 14.9 Å². The van der Waals surface area contributed by atoms with Gasteiger partial charge in [-0.3, -0.25) is 4.79 Å². The van der Waals surface area contributed by atoms with Gasteiger partial charge in [0.2, 0.25) is 5.78 Å². The number of ketones is 1. The molecule has 24 heavy (non-hydrogen) atoms. The minimum absolute atomic E-state index is 0.0925. The molecule has 0 aliphatic heterocycles. The van der Waals surface area contributed by atoms with Crippen LogP contribution >= 0.6 is 0 Å². The van der Waals surface area contributed by atoms with E-state index in [1.54, 1.807) is 42.7 Å². The minimum Gasteiger partial charge on any atom is -0.497 e. The van der Waals surface area contributed by atoms with Gasteiger partial charge in [0.1, 0.15) is 12.3 Å². The Hall–Kier alpha value is -2.74. The van der Waals surface area contributed by atoms with Crippen molar-refractivity contribution in [1.82, 2.24) is 4.57 Å². The summed E-state index contributed by atoms with van der Waals surface area (Å²) >= 11 is 0. The zero-order valence-corrected chi connectivity index (χ0v) is 13.8. The van der Waals surface area contributed by atoms with E-state index in [-0.39, 0.29) is 24.8 Å². The van der Waals surface area contributed by atoms with E-state index in [0.717, 1.165) is 0 Å². The van der Waals surface area contributed by atoms with E-state index in [2.05, 4.69) is 0 Å². The molecule has 0 aliphatic carbocycles. The molecule has 0 spiro atoms. The number of hydrogen-bond acceptors (Lipinski definition) is 5. The normalized spacial score (nSPS) is 12.0. The molecule has 1 aromatic carbocycles. The molecule has 1 aromatic heterocycles. The lowest BCUT2D eigenvalue weighted by atomic mass is 10.0. The van der Waals surface area contributed by atoms with Gasteiger partial charge >= 0.3 is 5.82 Å². The summed E-state index contributed by atoms with van der Waals surface area (Å²) < 4.78 is 8.06. The minimum atomic E-state index is -0.629. The number of carbonyl (C=O) groups excluding carboxylic acids is 1. The molecule has 8 heteroatoms. The topological polar surface area (TPSA) is 98.5 Å². The lowest BCUT2D eigenvalue weighted by molar-refractivity contribution is -0.711. The molecular formula is C16H20N3O5+. The zero-order chi connectivity index (χ0) is 17.9. The van der Waals surface area contributed by atoms with Crippen molar-refractivity contribution in [3.05, 3.63) is 52.0 Å². The van der Waals surface area contributed by atoms with Crippen LogP contribution in [-0.4, -0.2) is 34.1 Å². The smallest absolute Gasteiger partial charge is 0.365 e. The second kappa shape index (κ2) is 7.22. The van der Waals surface area contributed by atoms with Crippen LogP contribution in [0.3, 0.4) is 0 Å². The lowest BCUT2D eigenvalue weighted by Crippen LogP contribution is -2.43. The molecule has 0 radical (unpaired) electrons. The van der Waals surface area contributed by atoms with E-state index in [4.69, 9.17) is 9.84 Å². The number of benzene rings is 1. The predicted octanol–water partition coefficient (Wildman–Crippen LogP) is 1.44. The Labute approximate surface area is 139 Å². The summed E-state index contributed by atoms with van der Waals surface area (Å²) in [5.74, 6) is 0.753. The van der Waals surface area contributed by atoms with Crippen LogP contribution in [0.15, 0.2) is 30.5 Å². The molecule has 0 saturated carbocycles. The zero-order valence-electron chi connectivity index (χ0n) is 13.8. The Bertz CT molecular complexity index is 769. The first-order valence-corrected chi connectivity index (χ1v) is 7.45. The second-order valence-electron chi connectivity index (χ2n) is 5.35. The number of imidazole rings is 1. The molecule has 0 aliphatic rings. The van der Waals surface area contributed by atoms with Gasteiger partial charge in [-0.05, 0) is 24.0 Å². The van der Waals surface area contributed by atoms with Gasteiger partial charge in [-0.25, -0.2) is 4.57 Å². The Kier molecular flexibility index (Phi) is 5.30. The molecule has 2 rings (SSSR count). The molecule has 0 fully saturated rings. The summed E-state index contributed by atoms with van der Waals surface area (Å²) in [6.07, 6.45) is 1.33. The molecule has 0 amide bonds. The van der Waals surface area contributed by atoms with Gasteiger partial charge in [-0.2, -0.15) is 4.57 Å². The number of rotatable bonds is 7. The number of aromatic nitrogens is 2. The highest BCUT2D eigenvalue weighted by Crippen LogP contribution is 2.19. The van der Waals surface area contributed by atoms with Crippen molar-refractivity contribution in [2.75, 3.05) is 13.7 Å². The van der Waals surface area contributed by atoms with Crippen LogP contribution in [0.2, 0.25) is 0 Å². The van der Waals surface area contributed by atoms with Gasteiger partial charge in [-0.1, -0.05) is 12.1 Å². The number of aliphatic hydroxyl groups is 1. The van der Waals surface area contributed by atoms with Crippen molar-refractivity contribution in [3.8, 4) is 5.75 Å². The number of ether oxygens (including phenoxy) is 1. The summed E-state index contributed by atoms with van der Waals surface area (Å²) in [5.41, 5.74) is 0.464. The average Bonchev–Trinajstić information content (AvgIpc) is 2.91. The highest BCUT2D eigenvalue weighted by atomic mass is 16.6. The van der Waals surface area contributed by atoms with Gasteiger partial charge in [0.25, 0.3) is 5.82 Å². The van der Waals surface area contributed by atoms with Crippen LogP contribution in [0, 0.1) is 17.0 Å². The fraction of sp³-hybridized carbons (Fsp3) is 0.375. The van der Waals surface area contributed by atoms with E-state index in [1.165, 1.54) is 17.9 Å². The highest BCUT2D eigenvalue weighted by molar-refractivity contribution is 5.98. The summed E-state index contributed by atoms with van der Waals surface area (Å²) in [7, 11) is 1.52. The van der Waals surface area contributed by atoms with E-state index >= 15 is 0 Å². The molecule has 1 heterocycles. The molecule has 8 nitrogen and oxygen atoms in total. The van der Waals surface area contributed by atoms with Gasteiger partial charge in [-0.15, -0.1) is 0 Å². The van der Waals surface area contributed by atoms with Crippen molar-refractivity contribution in [2.45, 2.75) is 26.4 Å². The van der Waals surface area contributed by atoms with Crippen molar-refractivity contribution in [2.24, 2.45) is 0 Å². The van der Waals surface area contributed by atoms with E-state index in [1.807, 2.05) is 0 Å². The molecule has 128 valence electrons. The van der Waals surface area contributed by atoms with E-state index < -0.39 is 11.0 Å². The van der Waals surface area contributed by atoms with Crippen LogP contribution in [0.4, 0.5) is 5.82 Å². The van der Waals surface area contributed by atoms with Crippen molar-refractivity contribution >= 4 is 11.6 Å². The third-order valence-corrected chi connectivity index (χ3v) is 3.96. The summed E-state index contributed by atoms with van der Waals surface area (Å²) in [6, 6.07) is 6.14. The quantitative estimate of drug-likeness (QED) is 0.357. The Morgan fingerprint density at radius 3 is 2.79 bits per heavy atom. The lowest BCUT2D eigenvalue weighted by Gasteiger charge is -2.10. The maximum absolute atomic E-state index is 12.7. The number of Topliss-reactive ketones (excluding diaryl/α,β-unsaturated/α-hetero) is 1. The maximum Gasteiger partial charge on any atom is 0.365 e. The SMILES string of the molecule is COc1cccc(C(=O)C(C)[n+]2cc([N+](=O)[O-])n(CCO)c2C)c1. The molecule has 1 atom stereocenters. The Morgan fingerprint density at radius 1 is 1.50 bits per heavy atom. The standard InChI is InChI=1S/C16H20N3O5/c1-11(16(21)13-5-4-6-14(9-13)24-3)18-10-15(19(22)23)17(7-8-20)12(18)2/h4-6,9-11,20H,7-8H2,1-3H3/q+1. The van der Waals surface area contributed by atoms with Crippen molar-refractivity contribution < 1.29 is 24.1 Å². The van der Waals surface area contributed by atoms with Gasteiger partial charge < -0.3 is 20.0 Å². The first kappa shape index (κ1) is 17.6. The Balaban J connectivity index is 2.41. The number of methoxy groups -OCH3 is 1. The van der Waals surface area contributed by atoms with Crippen molar-refractivity contribution in [3.63, 3.8) is 0 Å². The van der Waals surface area contributed by atoms with Gasteiger partial charge in [0.05, 0.1) is 13.7 Å². The van der Waals surface area contributed by atoms with Gasteiger partial charge in [0, 0.05) is 12.5 Å². The van der Waals surface area contributed by atoms with E-state index in [0.29, 0.717) is 17.1 Å². The number of aliphatic hydroxyl groups excluding tert-OH is 1. The van der Waals surface area contributed by atoms with Crippen LogP contribution in [0.5, 0.6) is 5.75 Å². The summed E-state index contributed by atoms with van der Waals surface area (Å²) in [6.45, 7) is 3.23. The number of nitro groups is 1. The fourth-order valence-electron chi connectivity index (χ4n) is 2.65. The van der Waals surface area contributed by atoms with Crippen LogP contribution in [0.25, 0.3) is 0 Å². The summed E-state index contributed by atoms with van der Waals surface area (Å²) in [4.78, 5) is 23.4. The number of nitrogens with zero attached hydrogens (tertiary/aromatic N) is 3. The van der Waals surface area contributed by atoms with Crippen molar-refractivity contribution in [1.29, 1.82) is 0 Å². The largest absolute Gasteiger partial charge is 0.497 e. The maximum atomic E-state index is 12.7. The van der Waals surface area contributed by atoms with Crippen LogP contribution in [-0.2, 0) is 6.54 Å². The van der Waals surface area contributed by atoms with Crippen LogP contribution < -0.4 is 9.30 Å². The number of carbonyl (C=O) groups is 1. The summed E-state index contributed by atoms with van der Waals surface area (Å²) in [5, 5.41) is 20.3. The molecule has 1 unspecified atom stereocenters. The molecule has 0 bridgehead atoms. The third-order valence-electron chi connectivity index (χ3n) is 3.96. The third kappa shape index (κ3) is 3.28. The average molecular weight is 334 g/mol. The van der Waals surface area contributed by atoms with Gasteiger partial charge in [0.15, 0.2) is 12.2 Å².